The number of hydrogen-bond donors (Lipinski definition) is 2. The van der Waals surface area contributed by atoms with Gasteiger partial charge in [0.15, 0.2) is 9.84 Å². The van der Waals surface area contributed by atoms with E-state index in [-0.39, 0.29) is 23.3 Å². The lowest BCUT2D eigenvalue weighted by Gasteiger charge is -2.21. The van der Waals surface area contributed by atoms with Gasteiger partial charge in [-0.3, -0.25) is 0 Å². The van der Waals surface area contributed by atoms with Crippen molar-refractivity contribution >= 4 is 9.84 Å². The molecule has 0 aromatic carbocycles. The molecule has 3 atom stereocenters. The van der Waals surface area contributed by atoms with Crippen molar-refractivity contribution in [3.8, 4) is 0 Å². The van der Waals surface area contributed by atoms with Gasteiger partial charge in [-0.2, -0.15) is 0 Å². The molecule has 1 fully saturated rings. The second-order valence-electron chi connectivity index (χ2n) is 5.46. The van der Waals surface area contributed by atoms with E-state index in [4.69, 9.17) is 0 Å². The molecule has 102 valence electrons. The molecular weight excluding hydrogens is 238 g/mol. The zero-order valence-electron chi connectivity index (χ0n) is 11.0. The van der Waals surface area contributed by atoms with Crippen molar-refractivity contribution in [2.45, 2.75) is 56.9 Å². The maximum Gasteiger partial charge on any atom is 0.151 e. The minimum absolute atomic E-state index is 0.0735. The molecule has 0 radical (unpaired) electrons. The molecule has 5 heteroatoms. The van der Waals surface area contributed by atoms with Gasteiger partial charge >= 0.3 is 0 Å². The third-order valence-corrected chi connectivity index (χ3v) is 5.28. The largest absolute Gasteiger partial charge is 0.393 e. The van der Waals surface area contributed by atoms with Gasteiger partial charge in [-0.1, -0.05) is 20.3 Å². The maximum absolute atomic E-state index is 11.6. The van der Waals surface area contributed by atoms with Crippen LogP contribution in [0, 0.1) is 5.92 Å². The summed E-state index contributed by atoms with van der Waals surface area (Å²) in [5.41, 5.74) is 0. The molecule has 4 nitrogen and oxygen atoms in total. The summed E-state index contributed by atoms with van der Waals surface area (Å²) in [5, 5.41) is 12.7. The van der Waals surface area contributed by atoms with E-state index in [9.17, 15) is 13.5 Å². The maximum atomic E-state index is 11.6. The molecule has 17 heavy (non-hydrogen) atoms. The van der Waals surface area contributed by atoms with E-state index in [0.717, 1.165) is 19.3 Å². The molecule has 0 heterocycles. The number of rotatable bonds is 6. The minimum atomic E-state index is -2.94. The van der Waals surface area contributed by atoms with Crippen LogP contribution >= 0.6 is 0 Å². The fourth-order valence-electron chi connectivity index (χ4n) is 2.42. The summed E-state index contributed by atoms with van der Waals surface area (Å²) in [5.74, 6) is 0.256. The van der Waals surface area contributed by atoms with Crippen molar-refractivity contribution in [3.05, 3.63) is 0 Å². The summed E-state index contributed by atoms with van der Waals surface area (Å²) >= 11 is 0. The highest BCUT2D eigenvalue weighted by atomic mass is 32.2. The molecule has 1 aliphatic rings. The molecule has 1 rings (SSSR count). The predicted octanol–water partition coefficient (Wildman–Crippen LogP) is 0.949. The van der Waals surface area contributed by atoms with E-state index < -0.39 is 9.84 Å². The van der Waals surface area contributed by atoms with E-state index in [2.05, 4.69) is 5.32 Å². The Morgan fingerprint density at radius 3 is 2.53 bits per heavy atom. The SMILES string of the molecule is CC(C)[C@H](O)CCN[C@@H]1CCC[C@H]1S(C)(=O)=O. The molecule has 1 aliphatic carbocycles. The molecule has 0 saturated heterocycles. The van der Waals surface area contributed by atoms with Crippen LogP contribution in [0.5, 0.6) is 0 Å². The number of sulfone groups is 1. The van der Waals surface area contributed by atoms with Gasteiger partial charge in [-0.25, -0.2) is 8.42 Å². The van der Waals surface area contributed by atoms with Crippen LogP contribution in [-0.2, 0) is 9.84 Å². The highest BCUT2D eigenvalue weighted by Gasteiger charge is 2.34. The molecule has 0 bridgehead atoms. The van der Waals surface area contributed by atoms with Gasteiger partial charge in [0.05, 0.1) is 11.4 Å². The second kappa shape index (κ2) is 6.16. The average Bonchev–Trinajstić information content (AvgIpc) is 2.65. The summed E-state index contributed by atoms with van der Waals surface area (Å²) < 4.78 is 23.1. The lowest BCUT2D eigenvalue weighted by atomic mass is 10.0. The average molecular weight is 263 g/mol. The van der Waals surface area contributed by atoms with E-state index in [1.54, 1.807) is 0 Å². The Hall–Kier alpha value is -0.130. The lowest BCUT2D eigenvalue weighted by molar-refractivity contribution is 0.115. The molecular formula is C12H25NO3S. The first-order valence-electron chi connectivity index (χ1n) is 6.42. The quantitative estimate of drug-likeness (QED) is 0.749. The Bertz CT molecular complexity index is 327. The van der Waals surface area contributed by atoms with Crippen LogP contribution in [0.2, 0.25) is 0 Å². The van der Waals surface area contributed by atoms with Gasteiger partial charge in [0.2, 0.25) is 0 Å². The Labute approximate surface area is 105 Å². The van der Waals surface area contributed by atoms with Crippen molar-refractivity contribution in [2.75, 3.05) is 12.8 Å². The fraction of sp³-hybridized carbons (Fsp3) is 1.00. The smallest absolute Gasteiger partial charge is 0.151 e. The van der Waals surface area contributed by atoms with E-state index in [1.807, 2.05) is 13.8 Å². The van der Waals surface area contributed by atoms with Crippen molar-refractivity contribution in [1.82, 2.24) is 5.32 Å². The van der Waals surface area contributed by atoms with Crippen LogP contribution in [0.3, 0.4) is 0 Å². The Morgan fingerprint density at radius 2 is 2.00 bits per heavy atom. The Kier molecular flexibility index (Phi) is 5.41. The van der Waals surface area contributed by atoms with Crippen molar-refractivity contribution < 1.29 is 13.5 Å². The van der Waals surface area contributed by atoms with Gasteiger partial charge in [-0.05, 0) is 31.7 Å². The van der Waals surface area contributed by atoms with Crippen LogP contribution in [0.4, 0.5) is 0 Å². The zero-order chi connectivity index (χ0) is 13.1. The number of aliphatic hydroxyl groups is 1. The van der Waals surface area contributed by atoms with Crippen LogP contribution in [-0.4, -0.2) is 43.7 Å². The van der Waals surface area contributed by atoms with Gasteiger partial charge < -0.3 is 10.4 Å². The van der Waals surface area contributed by atoms with Crippen molar-refractivity contribution in [1.29, 1.82) is 0 Å². The lowest BCUT2D eigenvalue weighted by Crippen LogP contribution is -2.41. The Balaban J connectivity index is 2.37. The molecule has 0 unspecified atom stereocenters. The van der Waals surface area contributed by atoms with Crippen LogP contribution < -0.4 is 5.32 Å². The second-order valence-corrected chi connectivity index (χ2v) is 7.72. The number of aliphatic hydroxyl groups excluding tert-OH is 1. The van der Waals surface area contributed by atoms with Crippen LogP contribution in [0.25, 0.3) is 0 Å². The van der Waals surface area contributed by atoms with Crippen LogP contribution in [0.15, 0.2) is 0 Å². The first kappa shape index (κ1) is 14.9. The number of nitrogens with one attached hydrogen (secondary N) is 1. The molecule has 0 aromatic rings. The Morgan fingerprint density at radius 1 is 1.35 bits per heavy atom. The monoisotopic (exact) mass is 263 g/mol. The summed E-state index contributed by atoms with van der Waals surface area (Å²) in [7, 11) is -2.94. The molecule has 0 aromatic heterocycles. The zero-order valence-corrected chi connectivity index (χ0v) is 11.8. The third-order valence-electron chi connectivity index (χ3n) is 3.62. The van der Waals surface area contributed by atoms with Gasteiger partial charge in [0, 0.05) is 12.3 Å². The van der Waals surface area contributed by atoms with E-state index in [0.29, 0.717) is 13.0 Å². The highest BCUT2D eigenvalue weighted by Crippen LogP contribution is 2.25. The third kappa shape index (κ3) is 4.56. The first-order chi connectivity index (χ1) is 7.82. The summed E-state index contributed by atoms with van der Waals surface area (Å²) in [6.45, 7) is 4.66. The molecule has 2 N–H and O–H groups in total. The predicted molar refractivity (Wildman–Crippen MR) is 69.7 cm³/mol. The van der Waals surface area contributed by atoms with E-state index >= 15 is 0 Å². The molecule has 1 saturated carbocycles. The highest BCUT2D eigenvalue weighted by molar-refractivity contribution is 7.91. The van der Waals surface area contributed by atoms with Gasteiger partial charge in [0.25, 0.3) is 0 Å². The van der Waals surface area contributed by atoms with Crippen molar-refractivity contribution in [2.24, 2.45) is 5.92 Å². The van der Waals surface area contributed by atoms with E-state index in [1.165, 1.54) is 6.26 Å². The fourth-order valence-corrected chi connectivity index (χ4v) is 3.85. The summed E-state index contributed by atoms with van der Waals surface area (Å²) in [6.07, 6.45) is 4.37. The standard InChI is InChI=1S/C12H25NO3S/c1-9(2)11(14)7-8-13-10-5-4-6-12(10)17(3,15)16/h9-14H,4-8H2,1-3H3/t10-,11-,12-/m1/s1. The molecule has 0 amide bonds. The van der Waals surface area contributed by atoms with Gasteiger partial charge in [-0.15, -0.1) is 0 Å². The number of hydrogen-bond acceptors (Lipinski definition) is 4. The normalized spacial score (nSPS) is 27.6. The topological polar surface area (TPSA) is 66.4 Å². The first-order valence-corrected chi connectivity index (χ1v) is 8.38. The molecule has 0 aliphatic heterocycles. The minimum Gasteiger partial charge on any atom is -0.393 e. The van der Waals surface area contributed by atoms with Gasteiger partial charge in [0.1, 0.15) is 0 Å². The molecule has 0 spiro atoms. The summed E-state index contributed by atoms with van der Waals surface area (Å²) in [6, 6.07) is 0.0735. The summed E-state index contributed by atoms with van der Waals surface area (Å²) in [4.78, 5) is 0. The van der Waals surface area contributed by atoms with Crippen molar-refractivity contribution in [3.63, 3.8) is 0 Å². The van der Waals surface area contributed by atoms with Crippen LogP contribution in [0.1, 0.15) is 39.5 Å².